The van der Waals surface area contributed by atoms with E-state index < -0.39 is 12.7 Å². The van der Waals surface area contributed by atoms with E-state index in [-0.39, 0.29) is 11.5 Å². The average Bonchev–Trinajstić information content (AvgIpc) is 3.22. The number of ether oxygens (including phenoxy) is 1. The predicted octanol–water partition coefficient (Wildman–Crippen LogP) is 1.90. The molecule has 7 nitrogen and oxygen atoms in total. The van der Waals surface area contributed by atoms with Crippen LogP contribution in [-0.4, -0.2) is 52.8 Å². The molecule has 2 N–H and O–H groups in total. The number of rotatable bonds is 2. The first-order chi connectivity index (χ1) is 13.1. The van der Waals surface area contributed by atoms with Crippen LogP contribution in [0.1, 0.15) is 44.6 Å². The fraction of sp³-hybridized carbons (Fsp3) is 0.579. The van der Waals surface area contributed by atoms with Crippen molar-refractivity contribution in [3.05, 3.63) is 24.0 Å². The Labute approximate surface area is 158 Å². The van der Waals surface area contributed by atoms with E-state index in [0.29, 0.717) is 6.61 Å². The van der Waals surface area contributed by atoms with Crippen molar-refractivity contribution in [1.29, 1.82) is 0 Å². The minimum Gasteiger partial charge on any atom is -0.449 e. The molecule has 5 rings (SSSR count). The van der Waals surface area contributed by atoms with Gasteiger partial charge in [0, 0.05) is 36.3 Å². The third kappa shape index (κ3) is 2.50. The molecule has 0 radical (unpaired) electrons. The molecule has 0 aromatic carbocycles. The summed E-state index contributed by atoms with van der Waals surface area (Å²) in [4.78, 5) is 21.4. The van der Waals surface area contributed by atoms with Crippen molar-refractivity contribution in [3.8, 4) is 0 Å². The summed E-state index contributed by atoms with van der Waals surface area (Å²) in [6, 6.07) is 2.02. The van der Waals surface area contributed by atoms with E-state index in [2.05, 4.69) is 9.97 Å². The molecule has 2 fully saturated rings. The molecular weight excluding hydrogens is 345 g/mol. The number of nitrogens with one attached hydrogen (secondary N) is 1. The lowest BCUT2D eigenvalue weighted by Gasteiger charge is -2.57. The van der Waals surface area contributed by atoms with Gasteiger partial charge in [0.2, 0.25) is 0 Å². The van der Waals surface area contributed by atoms with Crippen LogP contribution in [0.3, 0.4) is 0 Å². The molecule has 1 saturated heterocycles. The Morgan fingerprint density at radius 1 is 1.44 bits per heavy atom. The molecule has 2 aliphatic heterocycles. The number of likely N-dealkylation sites (tertiary alicyclic amines) is 1. The molecular formula is C19H24BN3O4. The summed E-state index contributed by atoms with van der Waals surface area (Å²) >= 11 is 0. The van der Waals surface area contributed by atoms with Crippen molar-refractivity contribution in [3.63, 3.8) is 0 Å². The summed E-state index contributed by atoms with van der Waals surface area (Å²) in [5.74, 6) is 0. The molecule has 0 atom stereocenters. The Bertz CT molecular complexity index is 882. The third-order valence-electron chi connectivity index (χ3n) is 6.51. The highest BCUT2D eigenvalue weighted by Crippen LogP contribution is 2.62. The highest BCUT2D eigenvalue weighted by atomic mass is 16.6. The van der Waals surface area contributed by atoms with Gasteiger partial charge in [-0.3, -0.25) is 0 Å². The van der Waals surface area contributed by atoms with Crippen molar-refractivity contribution in [2.24, 2.45) is 5.41 Å². The first-order valence-corrected chi connectivity index (χ1v) is 9.80. The third-order valence-corrected chi connectivity index (χ3v) is 6.51. The quantitative estimate of drug-likeness (QED) is 0.790. The average molecular weight is 369 g/mol. The van der Waals surface area contributed by atoms with Gasteiger partial charge in [-0.2, -0.15) is 0 Å². The van der Waals surface area contributed by atoms with Crippen LogP contribution >= 0.6 is 0 Å². The molecule has 142 valence electrons. The summed E-state index contributed by atoms with van der Waals surface area (Å²) < 4.78 is 11.3. The number of aromatic amines is 1. The molecule has 1 saturated carbocycles. The maximum Gasteiger partial charge on any atom is 0.493 e. The van der Waals surface area contributed by atoms with Gasteiger partial charge < -0.3 is 24.3 Å². The molecule has 2 aromatic rings. The van der Waals surface area contributed by atoms with Crippen molar-refractivity contribution in [2.45, 2.75) is 44.6 Å². The van der Waals surface area contributed by atoms with Gasteiger partial charge >= 0.3 is 13.2 Å². The second kappa shape index (κ2) is 5.97. The van der Waals surface area contributed by atoms with E-state index >= 15 is 0 Å². The zero-order chi connectivity index (χ0) is 18.6. The van der Waals surface area contributed by atoms with Crippen LogP contribution in [0, 0.1) is 5.41 Å². The summed E-state index contributed by atoms with van der Waals surface area (Å²) in [5, 5.41) is 11.5. The fourth-order valence-corrected chi connectivity index (χ4v) is 5.27. The lowest BCUT2D eigenvalue weighted by molar-refractivity contribution is -0.136. The van der Waals surface area contributed by atoms with Gasteiger partial charge in [-0.15, -0.1) is 0 Å². The number of pyridine rings is 1. The van der Waals surface area contributed by atoms with Gasteiger partial charge in [-0.1, -0.05) is 6.92 Å². The number of amides is 1. The van der Waals surface area contributed by atoms with Crippen LogP contribution in [0.5, 0.6) is 0 Å². The molecule has 1 amide bonds. The Hall–Kier alpha value is -2.06. The van der Waals surface area contributed by atoms with Crippen molar-refractivity contribution in [2.75, 3.05) is 19.7 Å². The van der Waals surface area contributed by atoms with E-state index in [1.54, 1.807) is 6.20 Å². The molecule has 0 unspecified atom stereocenters. The highest BCUT2D eigenvalue weighted by molar-refractivity contribution is 6.62. The van der Waals surface area contributed by atoms with Crippen LogP contribution in [-0.2, 0) is 15.0 Å². The van der Waals surface area contributed by atoms with Gasteiger partial charge in [0.05, 0.1) is 12.2 Å². The molecule has 1 aliphatic carbocycles. The van der Waals surface area contributed by atoms with E-state index in [4.69, 9.17) is 9.39 Å². The second-order valence-corrected chi connectivity index (χ2v) is 8.25. The maximum absolute atomic E-state index is 12.1. The van der Waals surface area contributed by atoms with Crippen molar-refractivity contribution in [1.82, 2.24) is 14.9 Å². The van der Waals surface area contributed by atoms with Crippen LogP contribution in [0.2, 0.25) is 0 Å². The molecule has 8 heteroatoms. The molecule has 2 spiro atoms. The monoisotopic (exact) mass is 369 g/mol. The van der Waals surface area contributed by atoms with Gasteiger partial charge in [0.1, 0.15) is 5.65 Å². The molecule has 3 aliphatic rings. The minimum absolute atomic E-state index is 0.175. The summed E-state index contributed by atoms with van der Waals surface area (Å²) in [7, 11) is -0.909. The van der Waals surface area contributed by atoms with E-state index in [0.717, 1.165) is 67.3 Å². The highest BCUT2D eigenvalue weighted by Gasteiger charge is 2.62. The summed E-state index contributed by atoms with van der Waals surface area (Å²) in [6.07, 6.45) is 7.92. The number of fused-ring (bicyclic) bond motifs is 4. The lowest BCUT2D eigenvalue weighted by Crippen LogP contribution is -2.55. The van der Waals surface area contributed by atoms with Gasteiger partial charge in [-0.05, 0) is 49.1 Å². The number of carbonyl (C=O) groups excluding carboxylic acids is 1. The maximum atomic E-state index is 12.1. The van der Waals surface area contributed by atoms with E-state index in [9.17, 15) is 9.82 Å². The first kappa shape index (κ1) is 17.1. The number of hydrogen-bond acceptors (Lipinski definition) is 5. The van der Waals surface area contributed by atoms with Gasteiger partial charge in [-0.25, -0.2) is 9.78 Å². The summed E-state index contributed by atoms with van der Waals surface area (Å²) in [6.45, 7) is 3.93. The van der Waals surface area contributed by atoms with Gasteiger partial charge in [0.15, 0.2) is 0 Å². The molecule has 4 heterocycles. The van der Waals surface area contributed by atoms with Crippen LogP contribution in [0.4, 0.5) is 4.79 Å². The predicted molar refractivity (Wildman–Crippen MR) is 101 cm³/mol. The largest absolute Gasteiger partial charge is 0.493 e. The Morgan fingerprint density at radius 3 is 2.96 bits per heavy atom. The van der Waals surface area contributed by atoms with Gasteiger partial charge in [0.25, 0.3) is 0 Å². The number of piperidine rings is 1. The Morgan fingerprint density at radius 2 is 2.22 bits per heavy atom. The van der Waals surface area contributed by atoms with E-state index in [1.807, 2.05) is 24.1 Å². The molecule has 27 heavy (non-hydrogen) atoms. The SMILES string of the molecule is CCCOC(=O)N1CCC2(CC1)CC1(C2)OB(O)c2cnc3[nH]ccc3c21. The second-order valence-electron chi connectivity index (χ2n) is 8.25. The van der Waals surface area contributed by atoms with Crippen molar-refractivity contribution < 1.29 is 19.2 Å². The van der Waals surface area contributed by atoms with Crippen LogP contribution in [0.15, 0.2) is 18.5 Å². The fourth-order valence-electron chi connectivity index (χ4n) is 5.27. The van der Waals surface area contributed by atoms with Crippen LogP contribution < -0.4 is 5.46 Å². The van der Waals surface area contributed by atoms with Crippen molar-refractivity contribution >= 4 is 29.7 Å². The number of hydrogen-bond donors (Lipinski definition) is 2. The number of nitrogens with zero attached hydrogens (tertiary/aromatic N) is 2. The van der Waals surface area contributed by atoms with Crippen LogP contribution in [0.25, 0.3) is 11.0 Å². The smallest absolute Gasteiger partial charge is 0.449 e. The zero-order valence-electron chi connectivity index (χ0n) is 15.5. The zero-order valence-corrected chi connectivity index (χ0v) is 15.5. The summed E-state index contributed by atoms with van der Waals surface area (Å²) in [5.41, 5.74) is 2.46. The first-order valence-electron chi connectivity index (χ1n) is 9.80. The topological polar surface area (TPSA) is 87.7 Å². The minimum atomic E-state index is -0.909. The number of aromatic nitrogens is 2. The lowest BCUT2D eigenvalue weighted by atomic mass is 9.53. The normalized spacial score (nSPS) is 22.3. The molecule has 0 bridgehead atoms. The van der Waals surface area contributed by atoms with E-state index in [1.165, 1.54) is 0 Å². The standard InChI is InChI=1S/C19H24BN3O4/c1-2-9-26-17(24)23-7-4-18(5-8-23)11-19(12-18)15-13-3-6-21-16(13)22-10-14(15)20(25)27-19/h3,6,10,25H,2,4-5,7-9,11-12H2,1H3,(H,21,22). The Balaban J connectivity index is 1.33. The Kier molecular flexibility index (Phi) is 3.78. The number of carbonyl (C=O) groups is 1. The molecule has 2 aromatic heterocycles. The number of H-pyrrole nitrogens is 1.